The number of anilines is 2. The first-order valence-electron chi connectivity index (χ1n) is 6.86. The lowest BCUT2D eigenvalue weighted by Crippen LogP contribution is -2.04. The molecule has 0 heterocycles. The van der Waals surface area contributed by atoms with E-state index in [0.717, 1.165) is 29.4 Å². The Kier molecular flexibility index (Phi) is 4.29. The first kappa shape index (κ1) is 12.3. The lowest BCUT2D eigenvalue weighted by Gasteiger charge is -2.11. The lowest BCUT2D eigenvalue weighted by atomic mass is 10.0. The molecule has 0 radical (unpaired) electrons. The highest BCUT2D eigenvalue weighted by Crippen LogP contribution is 2.28. The summed E-state index contributed by atoms with van der Waals surface area (Å²) in [4.78, 5) is 0. The van der Waals surface area contributed by atoms with Crippen molar-refractivity contribution in [3.05, 3.63) is 23.8 Å². The fraction of sp³-hybridized carbons (Fsp3) is 0.600. The molecule has 0 spiro atoms. The van der Waals surface area contributed by atoms with Gasteiger partial charge in [0.05, 0.1) is 0 Å². The van der Waals surface area contributed by atoms with Gasteiger partial charge in [-0.25, -0.2) is 0 Å². The van der Waals surface area contributed by atoms with Crippen LogP contribution in [-0.4, -0.2) is 6.54 Å². The second kappa shape index (κ2) is 5.95. The molecule has 0 unspecified atom stereocenters. The third-order valence-electron chi connectivity index (χ3n) is 3.87. The van der Waals surface area contributed by atoms with Gasteiger partial charge in [-0.2, -0.15) is 0 Å². The van der Waals surface area contributed by atoms with Crippen molar-refractivity contribution in [2.75, 3.05) is 17.6 Å². The van der Waals surface area contributed by atoms with Crippen molar-refractivity contribution in [3.63, 3.8) is 0 Å². The van der Waals surface area contributed by atoms with Crippen molar-refractivity contribution in [1.82, 2.24) is 0 Å². The first-order chi connectivity index (χ1) is 8.25. The van der Waals surface area contributed by atoms with Crippen LogP contribution in [0.5, 0.6) is 0 Å². The van der Waals surface area contributed by atoms with Crippen molar-refractivity contribution in [2.45, 2.75) is 45.4 Å². The third-order valence-corrected chi connectivity index (χ3v) is 3.87. The normalized spacial score (nSPS) is 16.3. The fourth-order valence-corrected chi connectivity index (χ4v) is 2.67. The molecule has 0 aliphatic heterocycles. The quantitative estimate of drug-likeness (QED) is 0.595. The summed E-state index contributed by atoms with van der Waals surface area (Å²) >= 11 is 0. The molecule has 2 heteroatoms. The number of nitrogens with one attached hydrogen (secondary N) is 1. The molecule has 3 N–H and O–H groups in total. The van der Waals surface area contributed by atoms with E-state index in [2.05, 4.69) is 17.4 Å². The maximum absolute atomic E-state index is 5.88. The molecule has 0 aromatic heterocycles. The monoisotopic (exact) mass is 232 g/mol. The summed E-state index contributed by atoms with van der Waals surface area (Å²) in [7, 11) is 0. The molecule has 17 heavy (non-hydrogen) atoms. The van der Waals surface area contributed by atoms with Gasteiger partial charge < -0.3 is 11.1 Å². The maximum atomic E-state index is 5.88. The molecule has 1 aromatic rings. The van der Waals surface area contributed by atoms with E-state index in [4.69, 9.17) is 5.73 Å². The highest BCUT2D eigenvalue weighted by Gasteiger charge is 2.13. The summed E-state index contributed by atoms with van der Waals surface area (Å²) in [6.07, 6.45) is 8.47. The SMILES string of the molecule is Cc1ccc(NCCCC2CCCC2)cc1N. The smallest absolute Gasteiger partial charge is 0.0364 e. The molecule has 1 saturated carbocycles. The fourth-order valence-electron chi connectivity index (χ4n) is 2.67. The Hall–Kier alpha value is -1.18. The van der Waals surface area contributed by atoms with Gasteiger partial charge in [-0.1, -0.05) is 31.7 Å². The van der Waals surface area contributed by atoms with Crippen LogP contribution in [0.3, 0.4) is 0 Å². The van der Waals surface area contributed by atoms with Gasteiger partial charge in [0, 0.05) is 17.9 Å². The van der Waals surface area contributed by atoms with Crippen LogP contribution in [0.2, 0.25) is 0 Å². The Balaban J connectivity index is 1.68. The minimum Gasteiger partial charge on any atom is -0.398 e. The summed E-state index contributed by atoms with van der Waals surface area (Å²) < 4.78 is 0. The topological polar surface area (TPSA) is 38.0 Å². The standard InChI is InChI=1S/C15H24N2/c1-12-8-9-14(11-15(12)16)17-10-4-7-13-5-2-3-6-13/h8-9,11,13,17H,2-7,10,16H2,1H3. The molecule has 2 rings (SSSR count). The van der Waals surface area contributed by atoms with Crippen molar-refractivity contribution in [3.8, 4) is 0 Å². The molecule has 0 amide bonds. The van der Waals surface area contributed by atoms with Gasteiger partial charge in [-0.15, -0.1) is 0 Å². The van der Waals surface area contributed by atoms with Gasteiger partial charge in [-0.05, 0) is 43.4 Å². The third kappa shape index (κ3) is 3.65. The Morgan fingerprint density at radius 3 is 2.76 bits per heavy atom. The highest BCUT2D eigenvalue weighted by molar-refractivity contribution is 5.58. The van der Waals surface area contributed by atoms with Gasteiger partial charge in [0.25, 0.3) is 0 Å². The average Bonchev–Trinajstić information content (AvgIpc) is 2.82. The summed E-state index contributed by atoms with van der Waals surface area (Å²) in [5, 5.41) is 3.46. The zero-order valence-corrected chi connectivity index (χ0v) is 10.8. The molecular formula is C15H24N2. The predicted molar refractivity (Wildman–Crippen MR) is 75.3 cm³/mol. The zero-order valence-electron chi connectivity index (χ0n) is 10.8. The lowest BCUT2D eigenvalue weighted by molar-refractivity contribution is 0.491. The van der Waals surface area contributed by atoms with E-state index in [1.165, 1.54) is 38.5 Å². The molecule has 2 nitrogen and oxygen atoms in total. The van der Waals surface area contributed by atoms with E-state index in [9.17, 15) is 0 Å². The molecule has 94 valence electrons. The van der Waals surface area contributed by atoms with Crippen molar-refractivity contribution >= 4 is 11.4 Å². The van der Waals surface area contributed by atoms with Crippen LogP contribution in [0.15, 0.2) is 18.2 Å². The summed E-state index contributed by atoms with van der Waals surface area (Å²) in [6.45, 7) is 3.11. The largest absolute Gasteiger partial charge is 0.398 e. The molecule has 0 saturated heterocycles. The van der Waals surface area contributed by atoms with Crippen LogP contribution in [0.25, 0.3) is 0 Å². The minimum absolute atomic E-state index is 0.880. The number of hydrogen-bond donors (Lipinski definition) is 2. The van der Waals surface area contributed by atoms with Crippen molar-refractivity contribution in [2.24, 2.45) is 5.92 Å². The van der Waals surface area contributed by atoms with Crippen LogP contribution in [0, 0.1) is 12.8 Å². The Bertz CT molecular complexity index is 354. The number of hydrogen-bond acceptors (Lipinski definition) is 2. The van der Waals surface area contributed by atoms with Crippen molar-refractivity contribution < 1.29 is 0 Å². The molecule has 1 fully saturated rings. The van der Waals surface area contributed by atoms with Gasteiger partial charge in [0.1, 0.15) is 0 Å². The predicted octanol–water partition coefficient (Wildman–Crippen LogP) is 3.96. The van der Waals surface area contributed by atoms with Gasteiger partial charge in [0.2, 0.25) is 0 Å². The molecule has 1 aliphatic rings. The van der Waals surface area contributed by atoms with E-state index in [0.29, 0.717) is 0 Å². The number of aryl methyl sites for hydroxylation is 1. The number of benzene rings is 1. The number of rotatable bonds is 5. The van der Waals surface area contributed by atoms with E-state index in [-0.39, 0.29) is 0 Å². The van der Waals surface area contributed by atoms with Gasteiger partial charge in [0.15, 0.2) is 0 Å². The van der Waals surface area contributed by atoms with Gasteiger partial charge in [-0.3, -0.25) is 0 Å². The minimum atomic E-state index is 0.880. The molecule has 1 aromatic carbocycles. The van der Waals surface area contributed by atoms with Crippen molar-refractivity contribution in [1.29, 1.82) is 0 Å². The highest BCUT2D eigenvalue weighted by atomic mass is 14.9. The van der Waals surface area contributed by atoms with Crippen LogP contribution in [-0.2, 0) is 0 Å². The second-order valence-corrected chi connectivity index (χ2v) is 5.29. The maximum Gasteiger partial charge on any atom is 0.0364 e. The molecule has 1 aliphatic carbocycles. The Labute approximate surface area is 105 Å². The van der Waals surface area contributed by atoms with Crippen LogP contribution < -0.4 is 11.1 Å². The number of nitrogen functional groups attached to an aromatic ring is 1. The summed E-state index contributed by atoms with van der Waals surface area (Å²) in [6, 6.07) is 6.22. The average molecular weight is 232 g/mol. The van der Waals surface area contributed by atoms with E-state index < -0.39 is 0 Å². The molecule has 0 atom stereocenters. The van der Waals surface area contributed by atoms with E-state index >= 15 is 0 Å². The Morgan fingerprint density at radius 2 is 2.06 bits per heavy atom. The van der Waals surface area contributed by atoms with E-state index in [1.54, 1.807) is 0 Å². The van der Waals surface area contributed by atoms with Crippen LogP contribution >= 0.6 is 0 Å². The zero-order chi connectivity index (χ0) is 12.1. The number of nitrogens with two attached hydrogens (primary N) is 1. The molecule has 0 bridgehead atoms. The Morgan fingerprint density at radius 1 is 1.29 bits per heavy atom. The molecular weight excluding hydrogens is 208 g/mol. The van der Waals surface area contributed by atoms with E-state index in [1.807, 2.05) is 13.0 Å². The summed E-state index contributed by atoms with van der Waals surface area (Å²) in [5.41, 5.74) is 9.07. The van der Waals surface area contributed by atoms with Crippen LogP contribution in [0.4, 0.5) is 11.4 Å². The summed E-state index contributed by atoms with van der Waals surface area (Å²) in [5.74, 6) is 1.000. The van der Waals surface area contributed by atoms with Gasteiger partial charge >= 0.3 is 0 Å². The first-order valence-corrected chi connectivity index (χ1v) is 6.86. The second-order valence-electron chi connectivity index (χ2n) is 5.29. The van der Waals surface area contributed by atoms with Crippen LogP contribution in [0.1, 0.15) is 44.1 Å².